The van der Waals surface area contributed by atoms with Crippen LogP contribution in [0.3, 0.4) is 0 Å². The minimum atomic E-state index is 0.365. The molecule has 2 atom stereocenters. The zero-order chi connectivity index (χ0) is 23.4. The van der Waals surface area contributed by atoms with Crippen molar-refractivity contribution in [2.45, 2.75) is 108 Å². The van der Waals surface area contributed by atoms with Crippen LogP contribution in [0.5, 0.6) is 0 Å². The lowest BCUT2D eigenvalue weighted by Crippen LogP contribution is -2.42. The largest absolute Gasteiger partial charge is 0.289 e. The van der Waals surface area contributed by atoms with Gasteiger partial charge in [-0.2, -0.15) is 0 Å². The topological polar surface area (TPSA) is 6.48 Å². The van der Waals surface area contributed by atoms with Gasteiger partial charge in [0.1, 0.15) is 0 Å². The molecule has 0 saturated heterocycles. The summed E-state index contributed by atoms with van der Waals surface area (Å²) in [7, 11) is 0. The number of rotatable bonds is 14. The summed E-state index contributed by atoms with van der Waals surface area (Å²) >= 11 is 0. The second-order valence-electron chi connectivity index (χ2n) is 12.1. The Labute approximate surface area is 191 Å². The first-order valence-electron chi connectivity index (χ1n) is 12.8. The lowest BCUT2D eigenvalue weighted by atomic mass is 9.97. The molecule has 0 aromatic carbocycles. The van der Waals surface area contributed by atoms with E-state index in [9.17, 15) is 0 Å². The minimum Gasteiger partial charge on any atom is -0.289 e. The fourth-order valence-electron chi connectivity index (χ4n) is 4.22. The Balaban J connectivity index is 5.90. The predicted octanol–water partition coefficient (Wildman–Crippen LogP) is 7.05. The van der Waals surface area contributed by atoms with E-state index in [1.807, 2.05) is 0 Å². The lowest BCUT2D eigenvalue weighted by molar-refractivity contribution is 0.166. The van der Waals surface area contributed by atoms with E-state index < -0.39 is 0 Å². The fourth-order valence-corrected chi connectivity index (χ4v) is 4.22. The molecule has 0 amide bonds. The van der Waals surface area contributed by atoms with Gasteiger partial charge in [0.15, 0.2) is 0 Å². The van der Waals surface area contributed by atoms with Crippen LogP contribution in [-0.4, -0.2) is 48.1 Å². The van der Waals surface area contributed by atoms with Gasteiger partial charge in [0.25, 0.3) is 0 Å². The Morgan fingerprint density at radius 3 is 0.800 bits per heavy atom. The summed E-state index contributed by atoms with van der Waals surface area (Å²) in [6.45, 7) is 32.6. The molecule has 2 heteroatoms. The van der Waals surface area contributed by atoms with Crippen molar-refractivity contribution in [3.63, 3.8) is 0 Å². The van der Waals surface area contributed by atoms with Crippen LogP contribution in [0.4, 0.5) is 0 Å². The van der Waals surface area contributed by atoms with Crippen molar-refractivity contribution < 1.29 is 0 Å². The third kappa shape index (κ3) is 14.5. The van der Waals surface area contributed by atoms with Crippen molar-refractivity contribution in [1.82, 2.24) is 9.80 Å². The molecule has 0 N–H and O–H groups in total. The van der Waals surface area contributed by atoms with Crippen molar-refractivity contribution in [2.24, 2.45) is 35.5 Å². The summed E-state index contributed by atoms with van der Waals surface area (Å²) in [6, 6.07) is 0.730. The standard InChI is InChI=1S/C28H56N2/c1-21(2)15-27(29(17-23(5)6)18-24(7)8)13-14-28(16-22(3)4)30(19-25(9)10)20-26(11)12/h21-28H,15-20H2,1-12H3. The SMILES string of the molecule is CC(C)CC(C#CC(CC(C)C)N(CC(C)C)CC(C)C)N(CC(C)C)CC(C)C. The first-order valence-corrected chi connectivity index (χ1v) is 12.8. The maximum atomic E-state index is 3.83. The van der Waals surface area contributed by atoms with Gasteiger partial charge in [0.2, 0.25) is 0 Å². The summed E-state index contributed by atoms with van der Waals surface area (Å²) in [6.07, 6.45) is 2.32. The Morgan fingerprint density at radius 2 is 0.633 bits per heavy atom. The predicted molar refractivity (Wildman–Crippen MR) is 137 cm³/mol. The molecule has 0 heterocycles. The van der Waals surface area contributed by atoms with Gasteiger partial charge in [-0.25, -0.2) is 0 Å². The van der Waals surface area contributed by atoms with Gasteiger partial charge in [-0.05, 0) is 48.3 Å². The van der Waals surface area contributed by atoms with Crippen molar-refractivity contribution in [3.8, 4) is 11.8 Å². The van der Waals surface area contributed by atoms with E-state index >= 15 is 0 Å². The van der Waals surface area contributed by atoms with Gasteiger partial charge in [0, 0.05) is 26.2 Å². The van der Waals surface area contributed by atoms with Crippen LogP contribution < -0.4 is 0 Å². The number of hydrogen-bond acceptors (Lipinski definition) is 2. The zero-order valence-electron chi connectivity index (χ0n) is 22.8. The minimum absolute atomic E-state index is 0.365. The van der Waals surface area contributed by atoms with Crippen molar-refractivity contribution >= 4 is 0 Å². The van der Waals surface area contributed by atoms with E-state index in [1.54, 1.807) is 0 Å². The van der Waals surface area contributed by atoms with Crippen LogP contribution in [0.25, 0.3) is 0 Å². The second kappa shape index (κ2) is 15.3. The molecule has 178 valence electrons. The first-order chi connectivity index (χ1) is 13.8. The Kier molecular flexibility index (Phi) is 15.0. The third-order valence-corrected chi connectivity index (χ3v) is 5.09. The van der Waals surface area contributed by atoms with Gasteiger partial charge in [0.05, 0.1) is 12.1 Å². The summed E-state index contributed by atoms with van der Waals surface area (Å²) in [5.74, 6) is 11.7. The van der Waals surface area contributed by atoms with Crippen molar-refractivity contribution in [1.29, 1.82) is 0 Å². The van der Waals surface area contributed by atoms with E-state index in [0.717, 1.165) is 39.0 Å². The molecule has 0 bridgehead atoms. The van der Waals surface area contributed by atoms with E-state index in [4.69, 9.17) is 0 Å². The summed E-state index contributed by atoms with van der Waals surface area (Å²) in [5.41, 5.74) is 0. The highest BCUT2D eigenvalue weighted by Crippen LogP contribution is 2.18. The van der Waals surface area contributed by atoms with Crippen molar-refractivity contribution in [2.75, 3.05) is 26.2 Å². The molecule has 0 saturated carbocycles. The highest BCUT2D eigenvalue weighted by atomic mass is 15.2. The maximum absolute atomic E-state index is 3.83. The smallest absolute Gasteiger partial charge is 0.0717 e. The van der Waals surface area contributed by atoms with Crippen LogP contribution >= 0.6 is 0 Å². The van der Waals surface area contributed by atoms with E-state index in [0.29, 0.717) is 47.6 Å². The molecule has 30 heavy (non-hydrogen) atoms. The second-order valence-corrected chi connectivity index (χ2v) is 12.1. The Bertz CT molecular complexity index is 417. The van der Waals surface area contributed by atoms with Gasteiger partial charge in [-0.1, -0.05) is 94.9 Å². The zero-order valence-corrected chi connectivity index (χ0v) is 22.8. The molecule has 0 aliphatic carbocycles. The quantitative estimate of drug-likeness (QED) is 0.278. The molecule has 0 aliphatic heterocycles. The third-order valence-electron chi connectivity index (χ3n) is 5.09. The fraction of sp³-hybridized carbons (Fsp3) is 0.929. The molecule has 2 nitrogen and oxygen atoms in total. The molecule has 0 rings (SSSR count). The maximum Gasteiger partial charge on any atom is 0.0717 e. The highest BCUT2D eigenvalue weighted by molar-refractivity contribution is 5.15. The molecule has 0 fully saturated rings. The van der Waals surface area contributed by atoms with Gasteiger partial charge in [-0.3, -0.25) is 9.80 Å². The summed E-state index contributed by atoms with van der Waals surface area (Å²) in [4.78, 5) is 5.34. The van der Waals surface area contributed by atoms with Crippen LogP contribution in [0.2, 0.25) is 0 Å². The van der Waals surface area contributed by atoms with E-state index in [-0.39, 0.29) is 0 Å². The molecular formula is C28H56N2. The van der Waals surface area contributed by atoms with E-state index in [2.05, 4.69) is 105 Å². The normalized spacial score (nSPS) is 14.7. The average molecular weight is 421 g/mol. The molecule has 0 aromatic rings. The van der Waals surface area contributed by atoms with Crippen LogP contribution in [0, 0.1) is 47.3 Å². The van der Waals surface area contributed by atoms with Gasteiger partial charge >= 0.3 is 0 Å². The van der Waals surface area contributed by atoms with Crippen LogP contribution in [-0.2, 0) is 0 Å². The first kappa shape index (κ1) is 29.5. The van der Waals surface area contributed by atoms with Crippen LogP contribution in [0.15, 0.2) is 0 Å². The van der Waals surface area contributed by atoms with Crippen LogP contribution in [0.1, 0.15) is 95.9 Å². The lowest BCUT2D eigenvalue weighted by Gasteiger charge is -2.34. The van der Waals surface area contributed by atoms with E-state index in [1.165, 1.54) is 0 Å². The summed E-state index contributed by atoms with van der Waals surface area (Å²) in [5, 5.41) is 0. The molecule has 2 unspecified atom stereocenters. The Morgan fingerprint density at radius 1 is 0.400 bits per heavy atom. The molecule has 0 radical (unpaired) electrons. The number of hydrogen-bond donors (Lipinski definition) is 0. The molecule has 0 spiro atoms. The van der Waals surface area contributed by atoms with Crippen molar-refractivity contribution in [3.05, 3.63) is 0 Å². The summed E-state index contributed by atoms with van der Waals surface area (Å²) < 4.78 is 0. The van der Waals surface area contributed by atoms with Gasteiger partial charge < -0.3 is 0 Å². The monoisotopic (exact) mass is 420 g/mol. The molecular weight excluding hydrogens is 364 g/mol. The number of nitrogens with zero attached hydrogens (tertiary/aromatic N) is 2. The average Bonchev–Trinajstić information content (AvgIpc) is 2.53. The van der Waals surface area contributed by atoms with Gasteiger partial charge in [-0.15, -0.1) is 0 Å². The Hall–Kier alpha value is -0.520. The highest BCUT2D eigenvalue weighted by Gasteiger charge is 2.23. The molecule has 0 aromatic heterocycles. The molecule has 0 aliphatic rings.